The smallest absolute Gasteiger partial charge is 0.289 e. The first-order chi connectivity index (χ1) is 13.4. The first kappa shape index (κ1) is 20.5. The predicted molar refractivity (Wildman–Crippen MR) is 115 cm³/mol. The van der Waals surface area contributed by atoms with Crippen LogP contribution in [-0.4, -0.2) is 61.4 Å². The molecule has 1 fully saturated rings. The fourth-order valence-electron chi connectivity index (χ4n) is 3.42. The second-order valence-corrected chi connectivity index (χ2v) is 8.38. The molecule has 6 nitrogen and oxygen atoms in total. The van der Waals surface area contributed by atoms with Crippen molar-refractivity contribution >= 4 is 27.8 Å². The van der Waals surface area contributed by atoms with Crippen LogP contribution in [-0.2, 0) is 5.41 Å². The van der Waals surface area contributed by atoms with Gasteiger partial charge < -0.3 is 19.5 Å². The number of furan rings is 1. The van der Waals surface area contributed by atoms with Crippen molar-refractivity contribution in [1.29, 1.82) is 0 Å². The first-order valence-corrected chi connectivity index (χ1v) is 10.2. The van der Waals surface area contributed by atoms with Crippen LogP contribution >= 0.6 is 15.9 Å². The molecule has 0 saturated carbocycles. The van der Waals surface area contributed by atoms with Gasteiger partial charge in [-0.25, -0.2) is 0 Å². The van der Waals surface area contributed by atoms with Gasteiger partial charge in [-0.2, -0.15) is 0 Å². The molecule has 0 bridgehead atoms. The minimum atomic E-state index is -0.0624. The summed E-state index contributed by atoms with van der Waals surface area (Å²) in [7, 11) is 1.80. The van der Waals surface area contributed by atoms with Gasteiger partial charge in [0, 0.05) is 49.7 Å². The molecule has 0 aliphatic carbocycles. The van der Waals surface area contributed by atoms with Gasteiger partial charge in [-0.05, 0) is 23.8 Å². The highest BCUT2D eigenvalue weighted by Gasteiger charge is 2.27. The molecule has 0 unspecified atom stereocenters. The van der Waals surface area contributed by atoms with Crippen LogP contribution in [0.4, 0.5) is 0 Å². The summed E-state index contributed by atoms with van der Waals surface area (Å²) in [6, 6.07) is 11.8. The molecule has 1 aromatic heterocycles. The SMILES string of the molecule is CN=C(NCC(C)(C)c1ccccc1Br)N1CCN(C(=O)c2ccco2)CC1. The molecule has 1 aliphatic heterocycles. The van der Waals surface area contributed by atoms with Gasteiger partial charge in [0.1, 0.15) is 0 Å². The van der Waals surface area contributed by atoms with Gasteiger partial charge in [0.25, 0.3) is 5.91 Å². The molecule has 3 rings (SSSR count). The van der Waals surface area contributed by atoms with E-state index < -0.39 is 0 Å². The average molecular weight is 447 g/mol. The maximum absolute atomic E-state index is 12.4. The minimum Gasteiger partial charge on any atom is -0.459 e. The highest BCUT2D eigenvalue weighted by Crippen LogP contribution is 2.29. The van der Waals surface area contributed by atoms with Crippen LogP contribution in [0.15, 0.2) is 56.5 Å². The normalized spacial score (nSPS) is 15.6. The minimum absolute atomic E-state index is 0.0531. The van der Waals surface area contributed by atoms with Gasteiger partial charge in [-0.1, -0.05) is 48.0 Å². The number of amides is 1. The second-order valence-electron chi connectivity index (χ2n) is 7.52. The Kier molecular flexibility index (Phi) is 6.44. The van der Waals surface area contributed by atoms with Crippen LogP contribution in [0.1, 0.15) is 30.0 Å². The lowest BCUT2D eigenvalue weighted by atomic mass is 9.84. The van der Waals surface area contributed by atoms with Gasteiger partial charge in [-0.3, -0.25) is 9.79 Å². The summed E-state index contributed by atoms with van der Waals surface area (Å²) in [4.78, 5) is 20.9. The van der Waals surface area contributed by atoms with Crippen molar-refractivity contribution in [3.05, 3.63) is 58.5 Å². The standard InChI is InChI=1S/C21H27BrN4O2/c1-21(2,16-7-4-5-8-17(16)22)15-24-20(23-3)26-12-10-25(11-13-26)19(27)18-9-6-14-28-18/h4-9,14H,10-13,15H2,1-3H3,(H,23,24). The van der Waals surface area contributed by atoms with E-state index in [2.05, 4.69) is 63.2 Å². The Labute approximate surface area is 174 Å². The summed E-state index contributed by atoms with van der Waals surface area (Å²) < 4.78 is 6.34. The summed E-state index contributed by atoms with van der Waals surface area (Å²) in [5.74, 6) is 1.21. The molecule has 1 aromatic carbocycles. The Balaban J connectivity index is 1.56. The molecular weight excluding hydrogens is 420 g/mol. The average Bonchev–Trinajstić information content (AvgIpc) is 3.23. The van der Waals surface area contributed by atoms with Crippen molar-refractivity contribution in [3.8, 4) is 0 Å². The lowest BCUT2D eigenvalue weighted by molar-refractivity contribution is 0.0657. The van der Waals surface area contributed by atoms with Crippen LogP contribution < -0.4 is 5.32 Å². The molecule has 0 radical (unpaired) electrons. The Bertz CT molecular complexity index is 825. The van der Waals surface area contributed by atoms with Crippen molar-refractivity contribution in [2.24, 2.45) is 4.99 Å². The fraction of sp³-hybridized carbons (Fsp3) is 0.429. The molecule has 7 heteroatoms. The summed E-state index contributed by atoms with van der Waals surface area (Å²) in [6.07, 6.45) is 1.53. The van der Waals surface area contributed by atoms with Gasteiger partial charge in [0.15, 0.2) is 11.7 Å². The molecule has 150 valence electrons. The molecule has 0 atom stereocenters. The maximum atomic E-state index is 12.4. The Morgan fingerprint density at radius 1 is 1.14 bits per heavy atom. The number of benzene rings is 1. The van der Waals surface area contributed by atoms with E-state index >= 15 is 0 Å². The van der Waals surface area contributed by atoms with E-state index in [9.17, 15) is 4.79 Å². The highest BCUT2D eigenvalue weighted by atomic mass is 79.9. The predicted octanol–water partition coefficient (Wildman–Crippen LogP) is 3.35. The van der Waals surface area contributed by atoms with Crippen LogP contribution in [0.2, 0.25) is 0 Å². The number of piperazine rings is 1. The molecular formula is C21H27BrN4O2. The Hall–Kier alpha value is -2.28. The number of carbonyl (C=O) groups excluding carboxylic acids is 1. The molecule has 28 heavy (non-hydrogen) atoms. The lowest BCUT2D eigenvalue weighted by Gasteiger charge is -2.37. The lowest BCUT2D eigenvalue weighted by Crippen LogP contribution is -2.54. The molecule has 1 amide bonds. The zero-order chi connectivity index (χ0) is 20.1. The van der Waals surface area contributed by atoms with Crippen molar-refractivity contribution in [2.75, 3.05) is 39.8 Å². The van der Waals surface area contributed by atoms with Crippen molar-refractivity contribution in [1.82, 2.24) is 15.1 Å². The monoisotopic (exact) mass is 446 g/mol. The molecule has 1 N–H and O–H groups in total. The van der Waals surface area contributed by atoms with Gasteiger partial charge >= 0.3 is 0 Å². The third kappa shape index (κ3) is 4.58. The topological polar surface area (TPSA) is 61.1 Å². The van der Waals surface area contributed by atoms with E-state index in [1.165, 1.54) is 11.8 Å². The van der Waals surface area contributed by atoms with E-state index in [0.29, 0.717) is 18.8 Å². The summed E-state index contributed by atoms with van der Waals surface area (Å²) in [5.41, 5.74) is 1.19. The number of hydrogen-bond acceptors (Lipinski definition) is 3. The zero-order valence-electron chi connectivity index (χ0n) is 16.6. The van der Waals surface area contributed by atoms with Crippen LogP contribution in [0, 0.1) is 0 Å². The van der Waals surface area contributed by atoms with Crippen molar-refractivity contribution in [3.63, 3.8) is 0 Å². The van der Waals surface area contributed by atoms with Gasteiger partial charge in [0.05, 0.1) is 6.26 Å². The number of carbonyl (C=O) groups is 1. The summed E-state index contributed by atoms with van der Waals surface area (Å²) in [5, 5.41) is 3.51. The quantitative estimate of drug-likeness (QED) is 0.577. The summed E-state index contributed by atoms with van der Waals surface area (Å²) in [6.45, 7) is 7.96. The molecule has 2 heterocycles. The van der Waals surface area contributed by atoms with E-state index in [1.807, 2.05) is 11.0 Å². The van der Waals surface area contributed by atoms with Crippen LogP contribution in [0.3, 0.4) is 0 Å². The number of guanidine groups is 1. The number of aliphatic imine (C=N–C) groups is 1. The van der Waals surface area contributed by atoms with E-state index in [4.69, 9.17) is 4.42 Å². The second kappa shape index (κ2) is 8.82. The largest absolute Gasteiger partial charge is 0.459 e. The molecule has 1 saturated heterocycles. The Morgan fingerprint density at radius 3 is 2.43 bits per heavy atom. The number of rotatable bonds is 4. The molecule has 1 aliphatic rings. The van der Waals surface area contributed by atoms with E-state index in [1.54, 1.807) is 19.2 Å². The van der Waals surface area contributed by atoms with Gasteiger partial charge in [-0.15, -0.1) is 0 Å². The van der Waals surface area contributed by atoms with Crippen LogP contribution in [0.5, 0.6) is 0 Å². The number of halogens is 1. The highest BCUT2D eigenvalue weighted by molar-refractivity contribution is 9.10. The maximum Gasteiger partial charge on any atom is 0.289 e. The van der Waals surface area contributed by atoms with Gasteiger partial charge in [0.2, 0.25) is 0 Å². The molecule has 0 spiro atoms. The fourth-order valence-corrected chi connectivity index (χ4v) is 4.24. The van der Waals surface area contributed by atoms with E-state index in [-0.39, 0.29) is 11.3 Å². The number of nitrogens with one attached hydrogen (secondary N) is 1. The van der Waals surface area contributed by atoms with Crippen molar-refractivity contribution < 1.29 is 9.21 Å². The first-order valence-electron chi connectivity index (χ1n) is 9.46. The zero-order valence-corrected chi connectivity index (χ0v) is 18.2. The van der Waals surface area contributed by atoms with Crippen molar-refractivity contribution in [2.45, 2.75) is 19.3 Å². The van der Waals surface area contributed by atoms with E-state index in [0.717, 1.165) is 30.1 Å². The molecule has 2 aromatic rings. The Morgan fingerprint density at radius 2 is 1.82 bits per heavy atom. The third-order valence-electron chi connectivity index (χ3n) is 5.10. The van der Waals surface area contributed by atoms with Crippen LogP contribution in [0.25, 0.3) is 0 Å². The summed E-state index contributed by atoms with van der Waals surface area (Å²) >= 11 is 3.66. The number of nitrogens with zero attached hydrogens (tertiary/aromatic N) is 3. The number of hydrogen-bond donors (Lipinski definition) is 1. The third-order valence-corrected chi connectivity index (χ3v) is 5.79.